The minimum atomic E-state index is -0.0593. The van der Waals surface area contributed by atoms with E-state index in [2.05, 4.69) is 108 Å². The lowest BCUT2D eigenvalue weighted by Gasteiger charge is -2.26. The molecule has 0 atom stereocenters. The maximum Gasteiger partial charge on any atom is 0.0432 e. The highest BCUT2D eigenvalue weighted by Crippen LogP contribution is 2.52. The molecule has 0 radical (unpaired) electrons. The number of allylic oxidation sites excluding steroid dienone is 4. The van der Waals surface area contributed by atoms with E-state index in [-0.39, 0.29) is 10.8 Å². The minimum absolute atomic E-state index is 0.0593. The zero-order chi connectivity index (χ0) is 26.1. The molecule has 3 aromatic rings. The normalized spacial score (nSPS) is 18.4. The van der Waals surface area contributed by atoms with Gasteiger partial charge in [-0.15, -0.1) is 8.86 Å². The standard InChI is InChI=1S/C34H34NPS/c1-20(35-6)32(36)21-11-14-25-27-16-13-23(19-31(27)34(4,5)29(25)17-21)37-22-12-15-26-24-9-7-8-10-28(24)33(2,3)30(26)18-22/h7,9,11-19,36H,8,10H2,1-6H3. The first kappa shape index (κ1) is 24.7. The van der Waals surface area contributed by atoms with Gasteiger partial charge in [-0.2, -0.15) is 0 Å². The number of aliphatic imine (C=N–C) groups is 1. The Kier molecular flexibility index (Phi) is 5.79. The zero-order valence-electron chi connectivity index (χ0n) is 22.6. The largest absolute Gasteiger partial charge is 0.292 e. The monoisotopic (exact) mass is 519 g/mol. The molecule has 0 spiro atoms. The van der Waals surface area contributed by atoms with Crippen molar-refractivity contribution in [2.45, 2.75) is 68.1 Å². The summed E-state index contributed by atoms with van der Waals surface area (Å²) in [5.41, 5.74) is 13.7. The lowest BCUT2D eigenvalue weighted by atomic mass is 9.79. The van der Waals surface area contributed by atoms with E-state index in [4.69, 9.17) is 0 Å². The van der Waals surface area contributed by atoms with E-state index < -0.39 is 0 Å². The highest BCUT2D eigenvalue weighted by Gasteiger charge is 2.38. The van der Waals surface area contributed by atoms with Crippen molar-refractivity contribution in [2.75, 3.05) is 7.05 Å². The van der Waals surface area contributed by atoms with Crippen LogP contribution in [0.5, 0.6) is 0 Å². The fourth-order valence-electron chi connectivity index (χ4n) is 6.46. The number of hydrogen-bond acceptors (Lipinski definition) is 2. The predicted octanol–water partition coefficient (Wildman–Crippen LogP) is 9.29. The third kappa shape index (κ3) is 3.76. The molecule has 0 aromatic heterocycles. The van der Waals surface area contributed by atoms with Crippen LogP contribution in [0.1, 0.15) is 75.3 Å². The summed E-state index contributed by atoms with van der Waals surface area (Å²) in [4.78, 5) is 6.98. The van der Waals surface area contributed by atoms with Crippen LogP contribution in [0, 0.1) is 0 Å². The van der Waals surface area contributed by atoms with Crippen molar-refractivity contribution in [1.29, 1.82) is 0 Å². The van der Waals surface area contributed by atoms with Gasteiger partial charge < -0.3 is 0 Å². The Balaban J connectivity index is 1.33. The van der Waals surface area contributed by atoms with Gasteiger partial charge in [-0.3, -0.25) is 4.99 Å². The second-order valence-corrected chi connectivity index (χ2v) is 13.2. The molecule has 0 amide bonds. The third-order valence-electron chi connectivity index (χ3n) is 8.75. The topological polar surface area (TPSA) is 12.4 Å². The maximum atomic E-state index is 4.36. The quantitative estimate of drug-likeness (QED) is 0.247. The van der Waals surface area contributed by atoms with Crippen molar-refractivity contribution in [3.8, 4) is 11.1 Å². The smallest absolute Gasteiger partial charge is 0.0432 e. The molecular formula is C34H34NPS. The number of hydrogen-bond donors (Lipinski definition) is 0. The van der Waals surface area contributed by atoms with Gasteiger partial charge in [0.25, 0.3) is 0 Å². The molecule has 186 valence electrons. The van der Waals surface area contributed by atoms with Crippen molar-refractivity contribution in [1.82, 2.24) is 0 Å². The van der Waals surface area contributed by atoms with E-state index in [1.807, 2.05) is 25.7 Å². The molecule has 37 heavy (non-hydrogen) atoms. The Hall–Kier alpha value is -2.67. The number of benzene rings is 3. The van der Waals surface area contributed by atoms with Gasteiger partial charge in [-0.25, -0.2) is 0 Å². The summed E-state index contributed by atoms with van der Waals surface area (Å²) in [6, 6.07) is 21.0. The van der Waals surface area contributed by atoms with Crippen molar-refractivity contribution >= 4 is 37.2 Å². The molecule has 0 bridgehead atoms. The molecule has 0 aliphatic heterocycles. The molecule has 6 rings (SSSR count). The van der Waals surface area contributed by atoms with E-state index in [0.29, 0.717) is 0 Å². The number of nitrogens with zero attached hydrogens (tertiary/aromatic N) is 1. The second-order valence-electron chi connectivity index (χ2n) is 11.5. The lowest BCUT2D eigenvalue weighted by molar-refractivity contribution is 0.606. The molecule has 0 saturated heterocycles. The Morgan fingerprint density at radius 1 is 0.811 bits per heavy atom. The Morgan fingerprint density at radius 3 is 2.08 bits per heavy atom. The van der Waals surface area contributed by atoms with Gasteiger partial charge in [-0.05, 0) is 94.6 Å². The molecule has 0 fully saturated rings. The first-order valence-corrected chi connectivity index (χ1v) is 14.5. The molecular weight excluding hydrogens is 485 g/mol. The van der Waals surface area contributed by atoms with Crippen LogP contribution in [0.4, 0.5) is 0 Å². The van der Waals surface area contributed by atoms with Gasteiger partial charge in [0, 0.05) is 38.7 Å². The average Bonchev–Trinajstić information content (AvgIpc) is 3.27. The van der Waals surface area contributed by atoms with Crippen molar-refractivity contribution < 1.29 is 0 Å². The summed E-state index contributed by atoms with van der Waals surface area (Å²) in [5.74, 6) is 0. The van der Waals surface area contributed by atoms with E-state index in [1.54, 1.807) is 5.57 Å². The molecule has 0 N–H and O–H groups in total. The van der Waals surface area contributed by atoms with Crippen LogP contribution in [0.25, 0.3) is 16.7 Å². The van der Waals surface area contributed by atoms with Gasteiger partial charge in [0.1, 0.15) is 0 Å². The summed E-state index contributed by atoms with van der Waals surface area (Å²) in [5, 5.41) is 1.06. The fourth-order valence-corrected chi connectivity index (χ4v) is 7.62. The average molecular weight is 520 g/mol. The molecule has 3 heteroatoms. The molecule has 3 aliphatic rings. The molecule has 1 nitrogen and oxygen atoms in total. The highest BCUT2D eigenvalue weighted by molar-refractivity contribution is 7.99. The lowest BCUT2D eigenvalue weighted by Crippen LogP contribution is -2.17. The third-order valence-corrected chi connectivity index (χ3v) is 10.4. The predicted molar refractivity (Wildman–Crippen MR) is 164 cm³/mol. The minimum Gasteiger partial charge on any atom is -0.292 e. The van der Waals surface area contributed by atoms with E-state index >= 15 is 0 Å². The summed E-state index contributed by atoms with van der Waals surface area (Å²) < 4.78 is 0. The molecule has 0 saturated carbocycles. The van der Waals surface area contributed by atoms with Crippen LogP contribution >= 0.6 is 20.6 Å². The van der Waals surface area contributed by atoms with Crippen LogP contribution in [0.2, 0.25) is 0 Å². The van der Waals surface area contributed by atoms with Crippen LogP contribution in [0.15, 0.2) is 87.1 Å². The van der Waals surface area contributed by atoms with Crippen molar-refractivity contribution in [2.24, 2.45) is 4.99 Å². The molecule has 0 unspecified atom stereocenters. The van der Waals surface area contributed by atoms with Crippen molar-refractivity contribution in [3.05, 3.63) is 100 Å². The van der Waals surface area contributed by atoms with Gasteiger partial charge in [0.15, 0.2) is 0 Å². The zero-order valence-corrected chi connectivity index (χ0v) is 24.4. The maximum absolute atomic E-state index is 4.36. The molecule has 3 aromatic carbocycles. The first-order valence-electron chi connectivity index (χ1n) is 13.2. The van der Waals surface area contributed by atoms with Crippen molar-refractivity contribution in [3.63, 3.8) is 0 Å². The summed E-state index contributed by atoms with van der Waals surface area (Å²) >= 11 is 1.88. The Morgan fingerprint density at radius 2 is 1.41 bits per heavy atom. The summed E-state index contributed by atoms with van der Waals surface area (Å²) in [7, 11) is 5.66. The van der Waals surface area contributed by atoms with Gasteiger partial charge in [0.05, 0.1) is 0 Å². The van der Waals surface area contributed by atoms with E-state index in [1.165, 1.54) is 60.7 Å². The number of rotatable bonds is 4. The van der Waals surface area contributed by atoms with E-state index in [0.717, 1.165) is 17.4 Å². The van der Waals surface area contributed by atoms with Crippen LogP contribution < -0.4 is 0 Å². The van der Waals surface area contributed by atoms with Gasteiger partial charge in [-0.1, -0.05) is 81.4 Å². The van der Waals surface area contributed by atoms with Crippen LogP contribution in [-0.2, 0) is 10.8 Å². The van der Waals surface area contributed by atoms with Crippen LogP contribution in [-0.4, -0.2) is 18.1 Å². The van der Waals surface area contributed by atoms with Gasteiger partial charge in [0.2, 0.25) is 0 Å². The van der Waals surface area contributed by atoms with Crippen LogP contribution in [0.3, 0.4) is 0 Å². The summed E-state index contributed by atoms with van der Waals surface area (Å²) in [6.45, 7) is 11.5. The SMILES string of the molecule is CN=C(C)C(=P)c1ccc2c(c1)C(C)(C)c1cc(Sc3ccc4c(c3)C(C)(C)C3=C4C=CCC3)ccc1-2. The molecule has 0 heterocycles. The highest BCUT2D eigenvalue weighted by atomic mass is 32.2. The Labute approximate surface area is 228 Å². The first-order chi connectivity index (χ1) is 17.6. The fraction of sp³-hybridized carbons (Fsp3) is 0.294. The molecule has 3 aliphatic carbocycles. The Bertz CT molecular complexity index is 1580. The van der Waals surface area contributed by atoms with Gasteiger partial charge >= 0.3 is 0 Å². The number of fused-ring (bicyclic) bond motifs is 5. The summed E-state index contributed by atoms with van der Waals surface area (Å²) in [6.07, 6.45) is 7.01. The van der Waals surface area contributed by atoms with E-state index in [9.17, 15) is 0 Å². The second kappa shape index (κ2) is 8.69.